The van der Waals surface area contributed by atoms with E-state index in [4.69, 9.17) is 9.84 Å². The van der Waals surface area contributed by atoms with Crippen LogP contribution in [0.1, 0.15) is 5.56 Å². The van der Waals surface area contributed by atoms with Crippen LogP contribution >= 0.6 is 0 Å². The van der Waals surface area contributed by atoms with Crippen molar-refractivity contribution < 1.29 is 14.6 Å². The van der Waals surface area contributed by atoms with Gasteiger partial charge in [-0.05, 0) is 12.0 Å². The van der Waals surface area contributed by atoms with Crippen LogP contribution in [0.3, 0.4) is 0 Å². The molecule has 0 aliphatic carbocycles. The van der Waals surface area contributed by atoms with Crippen molar-refractivity contribution >= 4 is 6.09 Å². The molecule has 0 radical (unpaired) electrons. The fourth-order valence-corrected chi connectivity index (χ4v) is 1.96. The molecular weight excluding hydrogens is 206 g/mol. The monoisotopic (exact) mass is 221 g/mol. The van der Waals surface area contributed by atoms with Gasteiger partial charge in [-0.15, -0.1) is 0 Å². The van der Waals surface area contributed by atoms with E-state index in [2.05, 4.69) is 0 Å². The molecule has 0 saturated carbocycles. The van der Waals surface area contributed by atoms with Gasteiger partial charge in [-0.25, -0.2) is 4.79 Å². The van der Waals surface area contributed by atoms with Gasteiger partial charge >= 0.3 is 6.09 Å². The lowest BCUT2D eigenvalue weighted by atomic mass is 10.0. The van der Waals surface area contributed by atoms with Gasteiger partial charge in [0.15, 0.2) is 0 Å². The second-order valence-corrected chi connectivity index (χ2v) is 3.89. The standard InChI is InChI=1S/C12H15NO3/c14-12(15)13-6-7-16-9-11(13)8-10-4-2-1-3-5-10/h1-5,11H,6-9H2,(H,14,15). The van der Waals surface area contributed by atoms with Crippen molar-refractivity contribution in [1.82, 2.24) is 4.90 Å². The zero-order chi connectivity index (χ0) is 11.4. The van der Waals surface area contributed by atoms with Gasteiger partial charge in [0, 0.05) is 6.54 Å². The van der Waals surface area contributed by atoms with Gasteiger partial charge in [0.05, 0.1) is 19.3 Å². The molecule has 1 unspecified atom stereocenters. The largest absolute Gasteiger partial charge is 0.465 e. The van der Waals surface area contributed by atoms with Crippen LogP contribution in [0.2, 0.25) is 0 Å². The van der Waals surface area contributed by atoms with Crippen molar-refractivity contribution in [1.29, 1.82) is 0 Å². The maximum atomic E-state index is 11.0. The zero-order valence-corrected chi connectivity index (χ0v) is 9.00. The van der Waals surface area contributed by atoms with E-state index >= 15 is 0 Å². The lowest BCUT2D eigenvalue weighted by molar-refractivity contribution is 0.000287. The minimum Gasteiger partial charge on any atom is -0.465 e. The van der Waals surface area contributed by atoms with Gasteiger partial charge in [0.25, 0.3) is 0 Å². The Bertz CT molecular complexity index is 353. The number of amides is 1. The van der Waals surface area contributed by atoms with Crippen LogP contribution in [0.5, 0.6) is 0 Å². The Kier molecular flexibility index (Phi) is 3.41. The SMILES string of the molecule is O=C(O)N1CCOCC1Cc1ccccc1. The van der Waals surface area contributed by atoms with Crippen molar-refractivity contribution in [2.45, 2.75) is 12.5 Å². The zero-order valence-electron chi connectivity index (χ0n) is 9.00. The molecular formula is C12H15NO3. The minimum atomic E-state index is -0.857. The fourth-order valence-electron chi connectivity index (χ4n) is 1.96. The molecule has 1 aromatic rings. The molecule has 1 saturated heterocycles. The van der Waals surface area contributed by atoms with Crippen molar-refractivity contribution in [3.05, 3.63) is 35.9 Å². The van der Waals surface area contributed by atoms with Gasteiger partial charge < -0.3 is 14.7 Å². The van der Waals surface area contributed by atoms with Crippen molar-refractivity contribution in [2.75, 3.05) is 19.8 Å². The highest BCUT2D eigenvalue weighted by atomic mass is 16.5. The number of carbonyl (C=O) groups is 1. The average molecular weight is 221 g/mol. The number of morpholine rings is 1. The molecule has 0 spiro atoms. The Labute approximate surface area is 94.4 Å². The first-order chi connectivity index (χ1) is 7.77. The van der Waals surface area contributed by atoms with E-state index in [1.54, 1.807) is 0 Å². The van der Waals surface area contributed by atoms with Gasteiger partial charge in [0.2, 0.25) is 0 Å². The van der Waals surface area contributed by atoms with Crippen molar-refractivity contribution in [2.24, 2.45) is 0 Å². The Morgan fingerprint density at radius 3 is 2.88 bits per heavy atom. The first kappa shape index (κ1) is 11.0. The molecule has 1 heterocycles. The van der Waals surface area contributed by atoms with Gasteiger partial charge in [-0.2, -0.15) is 0 Å². The number of hydrogen-bond donors (Lipinski definition) is 1. The van der Waals surface area contributed by atoms with E-state index in [1.165, 1.54) is 4.90 Å². The second kappa shape index (κ2) is 4.99. The highest BCUT2D eigenvalue weighted by Crippen LogP contribution is 2.13. The summed E-state index contributed by atoms with van der Waals surface area (Å²) >= 11 is 0. The first-order valence-electron chi connectivity index (χ1n) is 5.38. The summed E-state index contributed by atoms with van der Waals surface area (Å²) in [7, 11) is 0. The summed E-state index contributed by atoms with van der Waals surface area (Å²) in [5, 5.41) is 9.06. The number of nitrogens with zero attached hydrogens (tertiary/aromatic N) is 1. The normalized spacial score (nSPS) is 20.8. The number of ether oxygens (including phenoxy) is 1. The number of benzene rings is 1. The summed E-state index contributed by atoms with van der Waals surface area (Å²) in [6, 6.07) is 9.83. The lowest BCUT2D eigenvalue weighted by Crippen LogP contribution is -2.49. The van der Waals surface area contributed by atoms with Crippen LogP contribution in [0.15, 0.2) is 30.3 Å². The van der Waals surface area contributed by atoms with Crippen LogP contribution in [-0.4, -0.2) is 41.9 Å². The average Bonchev–Trinajstić information content (AvgIpc) is 2.31. The topological polar surface area (TPSA) is 49.8 Å². The number of carboxylic acid groups (broad SMARTS) is 1. The van der Waals surface area contributed by atoms with E-state index < -0.39 is 6.09 Å². The summed E-state index contributed by atoms with van der Waals surface area (Å²) in [6.07, 6.45) is -0.142. The molecule has 1 N–H and O–H groups in total. The van der Waals surface area contributed by atoms with Crippen LogP contribution < -0.4 is 0 Å². The quantitative estimate of drug-likeness (QED) is 0.825. The van der Waals surface area contributed by atoms with E-state index in [9.17, 15) is 4.79 Å². The Morgan fingerprint density at radius 2 is 2.19 bits per heavy atom. The lowest BCUT2D eigenvalue weighted by Gasteiger charge is -2.33. The Balaban J connectivity index is 2.04. The molecule has 1 aromatic carbocycles. The molecule has 4 heteroatoms. The van der Waals surface area contributed by atoms with Crippen molar-refractivity contribution in [3.8, 4) is 0 Å². The van der Waals surface area contributed by atoms with Gasteiger partial charge in [-0.1, -0.05) is 30.3 Å². The third-order valence-electron chi connectivity index (χ3n) is 2.79. The third-order valence-corrected chi connectivity index (χ3v) is 2.79. The summed E-state index contributed by atoms with van der Waals surface area (Å²) < 4.78 is 5.33. The van der Waals surface area contributed by atoms with Gasteiger partial charge in [-0.3, -0.25) is 0 Å². The van der Waals surface area contributed by atoms with Crippen LogP contribution in [0.25, 0.3) is 0 Å². The summed E-state index contributed by atoms with van der Waals surface area (Å²) in [4.78, 5) is 12.5. The Morgan fingerprint density at radius 1 is 1.44 bits per heavy atom. The molecule has 0 aromatic heterocycles. The molecule has 1 atom stereocenters. The van der Waals surface area contributed by atoms with Gasteiger partial charge in [0.1, 0.15) is 0 Å². The van der Waals surface area contributed by atoms with Crippen LogP contribution in [-0.2, 0) is 11.2 Å². The van der Waals surface area contributed by atoms with Crippen LogP contribution in [0, 0.1) is 0 Å². The first-order valence-corrected chi connectivity index (χ1v) is 5.38. The third kappa shape index (κ3) is 2.52. The minimum absolute atomic E-state index is 0.0614. The molecule has 4 nitrogen and oxygen atoms in total. The molecule has 1 aliphatic heterocycles. The number of rotatable bonds is 2. The molecule has 86 valence electrons. The summed E-state index contributed by atoms with van der Waals surface area (Å²) in [6.45, 7) is 1.45. The summed E-state index contributed by atoms with van der Waals surface area (Å²) in [5.74, 6) is 0. The molecule has 0 bridgehead atoms. The molecule has 16 heavy (non-hydrogen) atoms. The highest BCUT2D eigenvalue weighted by Gasteiger charge is 2.26. The maximum absolute atomic E-state index is 11.0. The fraction of sp³-hybridized carbons (Fsp3) is 0.417. The molecule has 1 aliphatic rings. The summed E-state index contributed by atoms with van der Waals surface area (Å²) in [5.41, 5.74) is 1.14. The van der Waals surface area contributed by atoms with Crippen molar-refractivity contribution in [3.63, 3.8) is 0 Å². The highest BCUT2D eigenvalue weighted by molar-refractivity contribution is 5.65. The maximum Gasteiger partial charge on any atom is 0.407 e. The van der Waals surface area contributed by atoms with E-state index in [1.807, 2.05) is 30.3 Å². The molecule has 1 amide bonds. The predicted molar refractivity (Wildman–Crippen MR) is 59.5 cm³/mol. The smallest absolute Gasteiger partial charge is 0.407 e. The molecule has 2 rings (SSSR count). The Hall–Kier alpha value is -1.55. The van der Waals surface area contributed by atoms with E-state index in [0.29, 0.717) is 26.2 Å². The number of hydrogen-bond acceptors (Lipinski definition) is 2. The van der Waals surface area contributed by atoms with E-state index in [-0.39, 0.29) is 6.04 Å². The second-order valence-electron chi connectivity index (χ2n) is 3.89. The van der Waals surface area contributed by atoms with E-state index in [0.717, 1.165) is 5.56 Å². The van der Waals surface area contributed by atoms with Crippen LogP contribution in [0.4, 0.5) is 4.79 Å². The predicted octanol–water partition coefficient (Wildman–Crippen LogP) is 1.61. The molecule has 1 fully saturated rings.